The number of benzene rings is 1. The van der Waals surface area contributed by atoms with Crippen molar-refractivity contribution >= 4 is 28.1 Å². The number of carbonyl (C=O) groups is 2. The van der Waals surface area contributed by atoms with Gasteiger partial charge in [0.15, 0.2) is 0 Å². The monoisotopic (exact) mass is 490 g/mol. The fraction of sp³-hybridized carbons (Fsp3) is 0.217. The maximum absolute atomic E-state index is 10.1. The van der Waals surface area contributed by atoms with Gasteiger partial charge in [-0.05, 0) is 37.8 Å². The number of allylic oxidation sites excluding steroid dienone is 2. The molecule has 1 rings (SSSR count). The van der Waals surface area contributed by atoms with E-state index in [-0.39, 0.29) is 75.4 Å². The molecule has 0 bridgehead atoms. The van der Waals surface area contributed by atoms with Gasteiger partial charge >= 0.3 is 57.4 Å². The Labute approximate surface area is 234 Å². The van der Waals surface area contributed by atoms with Crippen LogP contribution in [0.25, 0.3) is 6.08 Å². The molecule has 0 aromatic heterocycles. The normalized spacial score (nSPS) is 8.72. The van der Waals surface area contributed by atoms with Gasteiger partial charge < -0.3 is 15.0 Å². The number of aliphatic carboxylic acids is 2. The van der Waals surface area contributed by atoms with E-state index in [1.54, 1.807) is 6.08 Å². The third-order valence-electron chi connectivity index (χ3n) is 2.92. The van der Waals surface area contributed by atoms with Crippen LogP contribution < -0.4 is 56.5 Å². The number of carboxylic acid groups (broad SMARTS) is 2. The fourth-order valence-electron chi connectivity index (χ4n) is 1.16. The molecule has 0 unspecified atom stereocenters. The molecule has 172 valence electrons. The molecule has 0 atom stereocenters. The third-order valence-corrected chi connectivity index (χ3v) is 3.72. The van der Waals surface area contributed by atoms with Gasteiger partial charge in [0.25, 0.3) is 10.1 Å². The van der Waals surface area contributed by atoms with E-state index < -0.39 is 27.8 Å². The number of rotatable bonds is 8. The number of hydrogen-bond donors (Lipinski definition) is 2. The largest absolute Gasteiger partial charge is 1.00 e. The summed E-state index contributed by atoms with van der Waals surface area (Å²) < 4.78 is 28.5. The quantitative estimate of drug-likeness (QED) is 0.237. The molecule has 7 nitrogen and oxygen atoms in total. The predicted octanol–water partition coefficient (Wildman–Crippen LogP) is 0.690. The van der Waals surface area contributed by atoms with E-state index in [1.807, 2.05) is 43.3 Å². The van der Waals surface area contributed by atoms with Crippen molar-refractivity contribution in [2.75, 3.05) is 5.75 Å². The van der Waals surface area contributed by atoms with Gasteiger partial charge in [0.1, 0.15) is 0 Å². The summed E-state index contributed by atoms with van der Waals surface area (Å²) in [5.41, 5.74) is 2.20. The van der Waals surface area contributed by atoms with Crippen LogP contribution in [0.5, 0.6) is 0 Å². The smallest absolute Gasteiger partial charge is 0.545 e. The van der Waals surface area contributed by atoms with Gasteiger partial charge in [0.05, 0.1) is 11.7 Å². The average Bonchev–Trinajstić information content (AvgIpc) is 2.68. The van der Waals surface area contributed by atoms with Gasteiger partial charge in [0, 0.05) is 5.57 Å². The third kappa shape index (κ3) is 33.1. The zero-order valence-electron chi connectivity index (χ0n) is 19.0. The van der Waals surface area contributed by atoms with Crippen molar-refractivity contribution in [2.24, 2.45) is 0 Å². The molecule has 0 spiro atoms. The molecule has 2 N–H and O–H groups in total. The van der Waals surface area contributed by atoms with Gasteiger partial charge in [-0.3, -0.25) is 4.55 Å². The summed E-state index contributed by atoms with van der Waals surface area (Å²) in [4.78, 5) is 19.6. The Hall–Kier alpha value is -1.59. The van der Waals surface area contributed by atoms with E-state index in [2.05, 4.69) is 32.9 Å². The molecule has 1 aromatic rings. The SMILES string of the molecule is C=C(C)C(=O)O.C=C(CCCS(=O)(=O)O)C(=O)[O-].C=CC(=C)C.C=Cc1ccccc1.[K+]. The van der Waals surface area contributed by atoms with Gasteiger partial charge in [0.2, 0.25) is 0 Å². The maximum Gasteiger partial charge on any atom is 1.00 e. The van der Waals surface area contributed by atoms with E-state index in [0.717, 1.165) is 5.57 Å². The first-order valence-electron chi connectivity index (χ1n) is 8.86. The summed E-state index contributed by atoms with van der Waals surface area (Å²) in [5.74, 6) is -2.79. The van der Waals surface area contributed by atoms with E-state index in [9.17, 15) is 23.1 Å². The summed E-state index contributed by atoms with van der Waals surface area (Å²) >= 11 is 0. The van der Waals surface area contributed by atoms with Crippen LogP contribution in [0.4, 0.5) is 0 Å². The first-order valence-corrected chi connectivity index (χ1v) is 10.5. The number of carboxylic acids is 2. The minimum absolute atomic E-state index is 0. The molecule has 0 radical (unpaired) electrons. The average molecular weight is 491 g/mol. The van der Waals surface area contributed by atoms with Crippen LogP contribution in [0, 0.1) is 0 Å². The van der Waals surface area contributed by atoms with Crippen molar-refractivity contribution in [1.29, 1.82) is 0 Å². The maximum atomic E-state index is 10.1. The Bertz CT molecular complexity index is 846. The Morgan fingerprint density at radius 3 is 1.69 bits per heavy atom. The van der Waals surface area contributed by atoms with E-state index in [1.165, 1.54) is 12.5 Å². The Morgan fingerprint density at radius 2 is 1.47 bits per heavy atom. The zero-order chi connectivity index (χ0) is 25.0. The van der Waals surface area contributed by atoms with Crippen molar-refractivity contribution in [3.8, 4) is 0 Å². The van der Waals surface area contributed by atoms with Crippen molar-refractivity contribution in [3.05, 3.63) is 91.6 Å². The Morgan fingerprint density at radius 1 is 1.06 bits per heavy atom. The van der Waals surface area contributed by atoms with Gasteiger partial charge in [-0.15, -0.1) is 0 Å². The molecular weight excluding hydrogens is 459 g/mol. The van der Waals surface area contributed by atoms with Crippen molar-refractivity contribution in [1.82, 2.24) is 0 Å². The van der Waals surface area contributed by atoms with Crippen LogP contribution in [0.3, 0.4) is 0 Å². The van der Waals surface area contributed by atoms with Crippen LogP contribution in [0.2, 0.25) is 0 Å². The first-order chi connectivity index (χ1) is 14.2. The summed E-state index contributed by atoms with van der Waals surface area (Å²) in [6, 6.07) is 10.0. The summed E-state index contributed by atoms with van der Waals surface area (Å²) in [5, 5.41) is 17.9. The molecule has 0 saturated carbocycles. The molecule has 0 amide bonds. The topological polar surface area (TPSA) is 132 Å². The van der Waals surface area contributed by atoms with Crippen LogP contribution in [-0.4, -0.2) is 35.8 Å². The molecule has 0 aliphatic rings. The molecule has 0 aliphatic heterocycles. The molecule has 0 aliphatic carbocycles. The Balaban J connectivity index is -0.000000171. The van der Waals surface area contributed by atoms with Crippen LogP contribution in [0.1, 0.15) is 32.3 Å². The second-order valence-electron chi connectivity index (χ2n) is 6.03. The Kier molecular flexibility index (Phi) is 26.6. The zero-order valence-corrected chi connectivity index (χ0v) is 23.0. The summed E-state index contributed by atoms with van der Waals surface area (Å²) in [6.07, 6.45) is 3.59. The second kappa shape index (κ2) is 22.6. The van der Waals surface area contributed by atoms with Crippen LogP contribution in [-0.2, 0) is 19.7 Å². The molecule has 32 heavy (non-hydrogen) atoms. The van der Waals surface area contributed by atoms with Crippen LogP contribution >= 0.6 is 0 Å². The number of hydrogen-bond acceptors (Lipinski definition) is 5. The van der Waals surface area contributed by atoms with E-state index in [4.69, 9.17) is 9.66 Å². The van der Waals surface area contributed by atoms with Gasteiger partial charge in [-0.25, -0.2) is 4.79 Å². The van der Waals surface area contributed by atoms with E-state index in [0.29, 0.717) is 0 Å². The van der Waals surface area contributed by atoms with Crippen molar-refractivity contribution < 1.29 is 84.2 Å². The second-order valence-corrected chi connectivity index (χ2v) is 7.60. The van der Waals surface area contributed by atoms with Crippen molar-refractivity contribution in [2.45, 2.75) is 26.7 Å². The first kappa shape index (κ1) is 37.7. The van der Waals surface area contributed by atoms with Gasteiger partial charge in [-0.1, -0.05) is 81.0 Å². The minimum Gasteiger partial charge on any atom is -0.545 e. The molecule has 0 fully saturated rings. The van der Waals surface area contributed by atoms with Crippen LogP contribution in [0.15, 0.2) is 86.0 Å². The van der Waals surface area contributed by atoms with E-state index >= 15 is 0 Å². The minimum atomic E-state index is -4.00. The van der Waals surface area contributed by atoms with Gasteiger partial charge in [-0.2, -0.15) is 8.42 Å². The molecule has 1 aromatic carbocycles. The number of carbonyl (C=O) groups excluding carboxylic acids is 1. The van der Waals surface area contributed by atoms with Crippen molar-refractivity contribution in [3.63, 3.8) is 0 Å². The molecule has 0 heterocycles. The summed E-state index contributed by atoms with van der Waals surface area (Å²) in [6.45, 7) is 20.3. The summed E-state index contributed by atoms with van der Waals surface area (Å²) in [7, 11) is -4.00. The standard InChI is InChI=1S/C8H8.C6H10O5S.C5H8.C4H6O2.K/c1-2-8-6-4-3-5-7-8;1-5(6(7)8)3-2-4-12(9,10)11;1-4-5(2)3;1-3(2)4(5)6;/h2-7H,1H2;1-4H2,(H,7,8)(H,9,10,11);4H,1-2H2,3H3;1H2,2H3,(H,5,6);/q;;;;+1/p-1. The fourth-order valence-corrected chi connectivity index (χ4v) is 1.67. The molecular formula is C23H31KO7S. The molecule has 9 heteroatoms. The predicted molar refractivity (Wildman–Crippen MR) is 124 cm³/mol. The molecule has 0 saturated heterocycles.